The minimum Gasteiger partial charge on any atom is -0.347 e. The maximum atomic E-state index is 12.0. The highest BCUT2D eigenvalue weighted by Gasteiger charge is 2.15. The molecule has 0 aliphatic carbocycles. The summed E-state index contributed by atoms with van der Waals surface area (Å²) < 4.78 is 1.79. The van der Waals surface area contributed by atoms with Crippen molar-refractivity contribution in [3.8, 4) is 11.4 Å². The Bertz CT molecular complexity index is 1170. The van der Waals surface area contributed by atoms with Crippen LogP contribution in [-0.2, 0) is 16.0 Å². The van der Waals surface area contributed by atoms with E-state index in [1.807, 2.05) is 42.6 Å². The van der Waals surface area contributed by atoms with Crippen LogP contribution in [0.3, 0.4) is 0 Å². The lowest BCUT2D eigenvalue weighted by atomic mass is 10.1. The fourth-order valence-electron chi connectivity index (χ4n) is 2.93. The lowest BCUT2D eigenvalue weighted by Crippen LogP contribution is -2.36. The highest BCUT2D eigenvalue weighted by molar-refractivity contribution is 7.15. The van der Waals surface area contributed by atoms with Crippen molar-refractivity contribution in [2.24, 2.45) is 0 Å². The number of benzene rings is 2. The second kappa shape index (κ2) is 8.24. The zero-order chi connectivity index (χ0) is 20.2. The van der Waals surface area contributed by atoms with E-state index in [0.717, 1.165) is 21.8 Å². The van der Waals surface area contributed by atoms with Gasteiger partial charge in [0.15, 0.2) is 5.82 Å². The van der Waals surface area contributed by atoms with Crippen LogP contribution in [0.15, 0.2) is 60.0 Å². The number of para-hydroxylation sites is 1. The Kier molecular flexibility index (Phi) is 5.35. The third-order valence-electron chi connectivity index (χ3n) is 4.44. The van der Waals surface area contributed by atoms with Gasteiger partial charge < -0.3 is 10.6 Å². The summed E-state index contributed by atoms with van der Waals surface area (Å²) in [5.74, 6) is -0.670. The quantitative estimate of drug-likeness (QED) is 0.500. The van der Waals surface area contributed by atoms with Crippen molar-refractivity contribution in [1.29, 1.82) is 0 Å². The van der Waals surface area contributed by atoms with Gasteiger partial charge in [-0.3, -0.25) is 9.59 Å². The van der Waals surface area contributed by atoms with E-state index in [1.54, 1.807) is 28.8 Å². The molecule has 0 fully saturated rings. The summed E-state index contributed by atoms with van der Waals surface area (Å²) in [5.41, 5.74) is 3.63. The van der Waals surface area contributed by atoms with E-state index in [9.17, 15) is 9.59 Å². The van der Waals surface area contributed by atoms with Crippen LogP contribution in [0.4, 0.5) is 5.69 Å². The first-order chi connectivity index (χ1) is 14.1. The molecule has 0 aliphatic heterocycles. The Labute approximate surface area is 171 Å². The van der Waals surface area contributed by atoms with Crippen LogP contribution < -0.4 is 10.6 Å². The molecule has 0 aliphatic rings. The van der Waals surface area contributed by atoms with Crippen LogP contribution in [-0.4, -0.2) is 33.0 Å². The molecular formula is C21H19N5O2S. The van der Waals surface area contributed by atoms with Gasteiger partial charge in [-0.05, 0) is 24.6 Å². The van der Waals surface area contributed by atoms with Gasteiger partial charge in [-0.25, -0.2) is 4.52 Å². The zero-order valence-corrected chi connectivity index (χ0v) is 16.6. The minimum absolute atomic E-state index is 0.326. The molecule has 0 unspecified atom stereocenters. The average molecular weight is 405 g/mol. The monoisotopic (exact) mass is 405 g/mol. The van der Waals surface area contributed by atoms with Crippen molar-refractivity contribution in [1.82, 2.24) is 19.9 Å². The highest BCUT2D eigenvalue weighted by atomic mass is 32.1. The summed E-state index contributed by atoms with van der Waals surface area (Å²) in [6.07, 6.45) is 0.543. The Hall–Kier alpha value is -3.52. The number of amides is 2. The normalized spacial score (nSPS) is 10.8. The van der Waals surface area contributed by atoms with Gasteiger partial charge >= 0.3 is 11.8 Å². The summed E-state index contributed by atoms with van der Waals surface area (Å²) in [5, 5.41) is 11.8. The summed E-state index contributed by atoms with van der Waals surface area (Å²) in [6.45, 7) is 2.35. The molecule has 2 amide bonds. The molecule has 29 heavy (non-hydrogen) atoms. The molecule has 0 saturated carbocycles. The average Bonchev–Trinajstić information content (AvgIpc) is 3.30. The lowest BCUT2D eigenvalue weighted by Gasteiger charge is -2.06. The summed E-state index contributed by atoms with van der Waals surface area (Å²) >= 11 is 1.50. The Morgan fingerprint density at radius 2 is 1.79 bits per heavy atom. The van der Waals surface area contributed by atoms with Gasteiger partial charge in [0.25, 0.3) is 0 Å². The molecule has 7 nitrogen and oxygen atoms in total. The van der Waals surface area contributed by atoms with E-state index >= 15 is 0 Å². The van der Waals surface area contributed by atoms with Gasteiger partial charge in [0.2, 0.25) is 4.96 Å². The molecule has 4 rings (SSSR count). The van der Waals surface area contributed by atoms with Gasteiger partial charge in [0, 0.05) is 29.6 Å². The molecule has 2 aromatic carbocycles. The SMILES string of the molecule is Cc1ccccc1-c1nc2scc(CCNC(=O)C(=O)Nc3ccccc3)n2n1. The number of nitrogens with zero attached hydrogens (tertiary/aromatic N) is 3. The van der Waals surface area contributed by atoms with E-state index in [4.69, 9.17) is 0 Å². The maximum absolute atomic E-state index is 12.0. The Morgan fingerprint density at radius 1 is 1.03 bits per heavy atom. The smallest absolute Gasteiger partial charge is 0.313 e. The predicted octanol–water partition coefficient (Wildman–Crippen LogP) is 3.06. The molecule has 2 N–H and O–H groups in total. The lowest BCUT2D eigenvalue weighted by molar-refractivity contribution is -0.136. The first kappa shape index (κ1) is 18.8. The number of rotatable bonds is 5. The van der Waals surface area contributed by atoms with E-state index in [2.05, 4.69) is 20.7 Å². The zero-order valence-electron chi connectivity index (χ0n) is 15.8. The number of nitrogens with one attached hydrogen (secondary N) is 2. The van der Waals surface area contributed by atoms with Crippen molar-refractivity contribution >= 4 is 33.8 Å². The van der Waals surface area contributed by atoms with Gasteiger partial charge in [-0.2, -0.15) is 4.98 Å². The molecular weight excluding hydrogens is 386 g/mol. The topological polar surface area (TPSA) is 88.4 Å². The molecule has 0 radical (unpaired) electrons. The van der Waals surface area contributed by atoms with Crippen molar-refractivity contribution in [2.75, 3.05) is 11.9 Å². The highest BCUT2D eigenvalue weighted by Crippen LogP contribution is 2.23. The van der Waals surface area contributed by atoms with Gasteiger partial charge in [-0.1, -0.05) is 42.5 Å². The fraction of sp³-hybridized carbons (Fsp3) is 0.143. The predicted molar refractivity (Wildman–Crippen MR) is 113 cm³/mol. The molecule has 0 spiro atoms. The molecule has 8 heteroatoms. The van der Waals surface area contributed by atoms with Crippen LogP contribution in [0.25, 0.3) is 16.3 Å². The largest absolute Gasteiger partial charge is 0.347 e. The van der Waals surface area contributed by atoms with Crippen molar-refractivity contribution in [2.45, 2.75) is 13.3 Å². The Morgan fingerprint density at radius 3 is 2.59 bits per heavy atom. The third kappa shape index (κ3) is 4.17. The van der Waals surface area contributed by atoms with Crippen LogP contribution in [0.1, 0.15) is 11.3 Å². The number of hydrogen-bond acceptors (Lipinski definition) is 5. The Balaban J connectivity index is 1.38. The number of carbonyl (C=O) groups excluding carboxylic acids is 2. The summed E-state index contributed by atoms with van der Waals surface area (Å²) in [7, 11) is 0. The standard InChI is InChI=1S/C21H19N5O2S/c1-14-7-5-6-10-17(14)18-24-21-26(25-18)16(13-29-21)11-12-22-19(27)20(28)23-15-8-3-2-4-9-15/h2-10,13H,11-12H2,1H3,(H,22,27)(H,23,28). The first-order valence-corrected chi connectivity index (χ1v) is 10.0. The van der Waals surface area contributed by atoms with E-state index < -0.39 is 11.8 Å². The van der Waals surface area contributed by atoms with E-state index in [0.29, 0.717) is 24.5 Å². The van der Waals surface area contributed by atoms with Crippen molar-refractivity contribution in [3.63, 3.8) is 0 Å². The van der Waals surface area contributed by atoms with Crippen molar-refractivity contribution in [3.05, 3.63) is 71.2 Å². The number of thiazole rings is 1. The van der Waals surface area contributed by atoms with Gasteiger partial charge in [-0.15, -0.1) is 16.4 Å². The second-order valence-corrected chi connectivity index (χ2v) is 7.33. The minimum atomic E-state index is -0.686. The molecule has 0 saturated heterocycles. The number of fused-ring (bicyclic) bond motifs is 1. The van der Waals surface area contributed by atoms with Crippen LogP contribution in [0, 0.1) is 6.92 Å². The molecule has 146 valence electrons. The number of hydrogen-bond donors (Lipinski definition) is 2. The number of aryl methyl sites for hydroxylation is 1. The van der Waals surface area contributed by atoms with Crippen LogP contribution in [0.5, 0.6) is 0 Å². The number of aromatic nitrogens is 3. The van der Waals surface area contributed by atoms with Crippen LogP contribution >= 0.6 is 11.3 Å². The number of anilines is 1. The first-order valence-electron chi connectivity index (χ1n) is 9.15. The van der Waals surface area contributed by atoms with E-state index in [-0.39, 0.29) is 0 Å². The maximum Gasteiger partial charge on any atom is 0.313 e. The molecule has 2 heterocycles. The fourth-order valence-corrected chi connectivity index (χ4v) is 3.78. The second-order valence-electron chi connectivity index (χ2n) is 6.50. The summed E-state index contributed by atoms with van der Waals surface area (Å²) in [6, 6.07) is 16.9. The number of carbonyl (C=O) groups is 2. The van der Waals surface area contributed by atoms with Gasteiger partial charge in [0.1, 0.15) is 0 Å². The van der Waals surface area contributed by atoms with Crippen LogP contribution in [0.2, 0.25) is 0 Å². The van der Waals surface area contributed by atoms with Gasteiger partial charge in [0.05, 0.1) is 5.69 Å². The molecule has 0 bridgehead atoms. The van der Waals surface area contributed by atoms with Crippen molar-refractivity contribution < 1.29 is 9.59 Å². The third-order valence-corrected chi connectivity index (χ3v) is 5.31. The van der Waals surface area contributed by atoms with E-state index in [1.165, 1.54) is 11.3 Å². The summed E-state index contributed by atoms with van der Waals surface area (Å²) in [4.78, 5) is 29.4. The molecule has 2 aromatic heterocycles. The molecule has 0 atom stereocenters. The molecule has 4 aromatic rings.